The summed E-state index contributed by atoms with van der Waals surface area (Å²) in [5, 5.41) is 2.56. The van der Waals surface area contributed by atoms with Gasteiger partial charge < -0.3 is 14.8 Å². The van der Waals surface area contributed by atoms with Gasteiger partial charge in [0.25, 0.3) is 5.91 Å². The molecule has 0 radical (unpaired) electrons. The minimum Gasteiger partial charge on any atom is -0.496 e. The molecule has 1 amide bonds. The molecule has 0 spiro atoms. The van der Waals surface area contributed by atoms with Crippen molar-refractivity contribution in [3.8, 4) is 5.75 Å². The van der Waals surface area contributed by atoms with Gasteiger partial charge in [0.05, 0.1) is 12.8 Å². The quantitative estimate of drug-likeness (QED) is 0.814. The lowest BCUT2D eigenvalue weighted by Crippen LogP contribution is -2.30. The molecular formula is C18H17ClFNO4. The van der Waals surface area contributed by atoms with Crippen LogP contribution >= 0.6 is 11.6 Å². The van der Waals surface area contributed by atoms with Crippen molar-refractivity contribution in [2.75, 3.05) is 12.4 Å². The number of methoxy groups -OCH3 is 1. The van der Waals surface area contributed by atoms with Gasteiger partial charge in [-0.15, -0.1) is 0 Å². The van der Waals surface area contributed by atoms with Crippen molar-refractivity contribution in [2.45, 2.75) is 20.0 Å². The molecular weight excluding hydrogens is 349 g/mol. The average Bonchev–Trinajstić information content (AvgIpc) is 2.57. The topological polar surface area (TPSA) is 64.6 Å². The number of esters is 1. The number of amides is 1. The second kappa shape index (κ2) is 7.98. The van der Waals surface area contributed by atoms with E-state index >= 15 is 0 Å². The van der Waals surface area contributed by atoms with Crippen LogP contribution in [0, 0.1) is 12.7 Å². The number of rotatable bonds is 5. The SMILES string of the molecule is COc1ccc(C)cc1C(=O)O[C@H](C)C(=O)Nc1ccc(Cl)cc1F. The summed E-state index contributed by atoms with van der Waals surface area (Å²) in [6.07, 6.45) is -1.13. The van der Waals surface area contributed by atoms with Gasteiger partial charge in [0.15, 0.2) is 6.10 Å². The van der Waals surface area contributed by atoms with E-state index in [1.807, 2.05) is 6.92 Å². The Labute approximate surface area is 149 Å². The van der Waals surface area contributed by atoms with Crippen molar-refractivity contribution in [2.24, 2.45) is 0 Å². The zero-order chi connectivity index (χ0) is 18.6. The van der Waals surface area contributed by atoms with Crippen molar-refractivity contribution < 1.29 is 23.5 Å². The molecule has 0 saturated carbocycles. The standard InChI is InChI=1S/C18H17ClFNO4/c1-10-4-7-16(24-3)13(8-10)18(23)25-11(2)17(22)21-15-6-5-12(19)9-14(15)20/h4-9,11H,1-3H3,(H,21,22)/t11-/m1/s1. The molecule has 7 heteroatoms. The second-order valence-corrected chi connectivity index (χ2v) is 5.80. The van der Waals surface area contributed by atoms with Crippen molar-refractivity contribution in [1.29, 1.82) is 0 Å². The minimum absolute atomic E-state index is 0.0505. The molecule has 2 aromatic rings. The van der Waals surface area contributed by atoms with Gasteiger partial charge in [-0.1, -0.05) is 23.2 Å². The number of benzene rings is 2. The molecule has 0 aliphatic rings. The molecule has 0 aliphatic heterocycles. The summed E-state index contributed by atoms with van der Waals surface area (Å²) in [5.41, 5.74) is 0.998. The van der Waals surface area contributed by atoms with E-state index in [1.54, 1.807) is 18.2 Å². The van der Waals surface area contributed by atoms with Gasteiger partial charge in [0.1, 0.15) is 17.1 Å². The summed E-state index contributed by atoms with van der Waals surface area (Å²) in [4.78, 5) is 24.4. The smallest absolute Gasteiger partial charge is 0.342 e. The zero-order valence-electron chi connectivity index (χ0n) is 13.9. The van der Waals surface area contributed by atoms with E-state index in [1.165, 1.54) is 26.2 Å². The number of halogens is 2. The highest BCUT2D eigenvalue weighted by Gasteiger charge is 2.22. The third-order valence-corrected chi connectivity index (χ3v) is 3.65. The fourth-order valence-corrected chi connectivity index (χ4v) is 2.24. The lowest BCUT2D eigenvalue weighted by atomic mass is 10.1. The summed E-state index contributed by atoms with van der Waals surface area (Å²) in [7, 11) is 1.43. The second-order valence-electron chi connectivity index (χ2n) is 5.36. The summed E-state index contributed by atoms with van der Waals surface area (Å²) < 4.78 is 24.0. The summed E-state index contributed by atoms with van der Waals surface area (Å²) in [6, 6.07) is 8.87. The summed E-state index contributed by atoms with van der Waals surface area (Å²) in [5.74, 6) is -1.72. The summed E-state index contributed by atoms with van der Waals surface area (Å²) >= 11 is 5.66. The molecule has 0 aromatic heterocycles. The zero-order valence-corrected chi connectivity index (χ0v) is 14.7. The van der Waals surface area contributed by atoms with E-state index in [4.69, 9.17) is 21.1 Å². The van der Waals surface area contributed by atoms with E-state index in [0.29, 0.717) is 5.75 Å². The van der Waals surface area contributed by atoms with Crippen LogP contribution in [0.5, 0.6) is 5.75 Å². The van der Waals surface area contributed by atoms with Gasteiger partial charge in [-0.05, 0) is 44.2 Å². The molecule has 5 nitrogen and oxygen atoms in total. The molecule has 0 aliphatic carbocycles. The number of carbonyl (C=O) groups excluding carboxylic acids is 2. The van der Waals surface area contributed by atoms with Gasteiger partial charge in [0.2, 0.25) is 0 Å². The maximum absolute atomic E-state index is 13.7. The third-order valence-electron chi connectivity index (χ3n) is 3.42. The van der Waals surface area contributed by atoms with Crippen molar-refractivity contribution in [3.63, 3.8) is 0 Å². The Morgan fingerprint density at radius 1 is 1.20 bits per heavy atom. The first kappa shape index (κ1) is 18.7. The molecule has 132 valence electrons. The minimum atomic E-state index is -1.13. The third kappa shape index (κ3) is 4.70. The van der Waals surface area contributed by atoms with E-state index in [0.717, 1.165) is 11.6 Å². The number of hydrogen-bond acceptors (Lipinski definition) is 4. The van der Waals surface area contributed by atoms with Crippen LogP contribution in [0.25, 0.3) is 0 Å². The predicted molar refractivity (Wildman–Crippen MR) is 92.6 cm³/mol. The molecule has 2 aromatic carbocycles. The average molecular weight is 366 g/mol. The fraction of sp³-hybridized carbons (Fsp3) is 0.222. The Bertz CT molecular complexity index is 810. The van der Waals surface area contributed by atoms with Crippen molar-refractivity contribution in [1.82, 2.24) is 0 Å². The maximum atomic E-state index is 13.7. The van der Waals surface area contributed by atoms with Crippen molar-refractivity contribution in [3.05, 3.63) is 58.4 Å². The van der Waals surface area contributed by atoms with Crippen LogP contribution in [0.2, 0.25) is 5.02 Å². The van der Waals surface area contributed by atoms with Crippen LogP contribution < -0.4 is 10.1 Å². The molecule has 0 saturated heterocycles. The first-order valence-corrected chi connectivity index (χ1v) is 7.81. The molecule has 0 unspecified atom stereocenters. The number of ether oxygens (including phenoxy) is 2. The number of hydrogen-bond donors (Lipinski definition) is 1. The fourth-order valence-electron chi connectivity index (χ4n) is 2.08. The molecule has 2 rings (SSSR count). The van der Waals surface area contributed by atoms with Crippen molar-refractivity contribution >= 4 is 29.2 Å². The Kier molecular flexibility index (Phi) is 5.98. The predicted octanol–water partition coefficient (Wildman–Crippen LogP) is 3.98. The van der Waals surface area contributed by atoms with Gasteiger partial charge in [0, 0.05) is 5.02 Å². The monoisotopic (exact) mass is 365 g/mol. The highest BCUT2D eigenvalue weighted by Crippen LogP contribution is 2.22. The number of carbonyl (C=O) groups is 2. The molecule has 0 heterocycles. The highest BCUT2D eigenvalue weighted by atomic mass is 35.5. The Hall–Kier alpha value is -2.60. The Balaban J connectivity index is 2.08. The number of aryl methyl sites for hydroxylation is 1. The van der Waals surface area contributed by atoms with Gasteiger partial charge in [-0.2, -0.15) is 0 Å². The molecule has 0 bridgehead atoms. The van der Waals surface area contributed by atoms with Crippen LogP contribution in [-0.2, 0) is 9.53 Å². The largest absolute Gasteiger partial charge is 0.496 e. The van der Waals surface area contributed by atoms with E-state index in [-0.39, 0.29) is 16.3 Å². The maximum Gasteiger partial charge on any atom is 0.342 e. The van der Waals surface area contributed by atoms with E-state index in [2.05, 4.69) is 5.32 Å². The van der Waals surface area contributed by atoms with Gasteiger partial charge in [-0.3, -0.25) is 4.79 Å². The van der Waals surface area contributed by atoms with Gasteiger partial charge in [-0.25, -0.2) is 9.18 Å². The number of nitrogens with one attached hydrogen (secondary N) is 1. The van der Waals surface area contributed by atoms with Crippen LogP contribution in [-0.4, -0.2) is 25.1 Å². The Morgan fingerprint density at radius 2 is 1.92 bits per heavy atom. The first-order valence-electron chi connectivity index (χ1n) is 7.43. The normalized spacial score (nSPS) is 11.6. The highest BCUT2D eigenvalue weighted by molar-refractivity contribution is 6.30. The van der Waals surface area contributed by atoms with Crippen LogP contribution in [0.1, 0.15) is 22.8 Å². The van der Waals surface area contributed by atoms with Gasteiger partial charge >= 0.3 is 5.97 Å². The molecule has 1 atom stereocenters. The molecule has 0 fully saturated rings. The van der Waals surface area contributed by atoms with E-state index < -0.39 is 23.8 Å². The Morgan fingerprint density at radius 3 is 2.56 bits per heavy atom. The molecule has 25 heavy (non-hydrogen) atoms. The lowest BCUT2D eigenvalue weighted by Gasteiger charge is -2.15. The van der Waals surface area contributed by atoms with E-state index in [9.17, 15) is 14.0 Å². The summed E-state index contributed by atoms with van der Waals surface area (Å²) in [6.45, 7) is 3.21. The van der Waals surface area contributed by atoms with Crippen LogP contribution in [0.3, 0.4) is 0 Å². The first-order chi connectivity index (χ1) is 11.8. The lowest BCUT2D eigenvalue weighted by molar-refractivity contribution is -0.123. The van der Waals surface area contributed by atoms with Crippen LogP contribution in [0.4, 0.5) is 10.1 Å². The number of anilines is 1. The van der Waals surface area contributed by atoms with Crippen LogP contribution in [0.15, 0.2) is 36.4 Å². The molecule has 1 N–H and O–H groups in total.